The van der Waals surface area contributed by atoms with Crippen LogP contribution in [0.15, 0.2) is 36.3 Å². The first-order valence-electron chi connectivity index (χ1n) is 5.00. The van der Waals surface area contributed by atoms with Gasteiger partial charge in [0, 0.05) is 25.0 Å². The molecule has 0 aliphatic carbocycles. The van der Waals surface area contributed by atoms with Crippen molar-refractivity contribution < 1.29 is 4.79 Å². The Morgan fingerprint density at radius 3 is 2.93 bits per heavy atom. The lowest BCUT2D eigenvalue weighted by molar-refractivity contribution is -0.120. The quantitative estimate of drug-likeness (QED) is 0.815. The number of nitrogens with zero attached hydrogens (tertiary/aromatic N) is 1. The molecule has 15 heavy (non-hydrogen) atoms. The number of allylic oxidation sites excluding steroid dienone is 1. The second kappa shape index (κ2) is 5.96. The van der Waals surface area contributed by atoms with E-state index in [1.807, 2.05) is 26.0 Å². The van der Waals surface area contributed by atoms with Gasteiger partial charge in [-0.1, -0.05) is 11.6 Å². The molecule has 1 rings (SSSR count). The molecule has 1 amide bonds. The minimum Gasteiger partial charge on any atom is -0.333 e. The van der Waals surface area contributed by atoms with Crippen molar-refractivity contribution in [3.63, 3.8) is 0 Å². The van der Waals surface area contributed by atoms with E-state index in [2.05, 4.69) is 10.3 Å². The molecule has 0 aliphatic heterocycles. The number of hydrogen-bond donors (Lipinski definition) is 1. The van der Waals surface area contributed by atoms with Crippen molar-refractivity contribution in [2.24, 2.45) is 0 Å². The van der Waals surface area contributed by atoms with E-state index in [1.165, 1.54) is 0 Å². The molecule has 0 saturated heterocycles. The van der Waals surface area contributed by atoms with Crippen LogP contribution in [-0.2, 0) is 11.2 Å². The van der Waals surface area contributed by atoms with Gasteiger partial charge in [0.05, 0.1) is 0 Å². The third-order valence-corrected chi connectivity index (χ3v) is 1.89. The number of rotatable bonds is 4. The van der Waals surface area contributed by atoms with Crippen molar-refractivity contribution in [1.82, 2.24) is 10.3 Å². The number of carbonyl (C=O) groups is 1. The molecule has 0 atom stereocenters. The molecule has 1 N–H and O–H groups in total. The first-order valence-corrected chi connectivity index (χ1v) is 5.00. The van der Waals surface area contributed by atoms with E-state index < -0.39 is 0 Å². The SMILES string of the molecule is CC(C)=CNC(=O)CCc1cccnc1. The van der Waals surface area contributed by atoms with E-state index in [0.717, 1.165) is 17.6 Å². The van der Waals surface area contributed by atoms with Crippen LogP contribution < -0.4 is 5.32 Å². The topological polar surface area (TPSA) is 42.0 Å². The Balaban J connectivity index is 2.32. The number of aryl methyl sites for hydroxylation is 1. The van der Waals surface area contributed by atoms with Gasteiger partial charge in [-0.25, -0.2) is 0 Å². The van der Waals surface area contributed by atoms with E-state index in [9.17, 15) is 4.79 Å². The summed E-state index contributed by atoms with van der Waals surface area (Å²) in [5.74, 6) is 0.0417. The van der Waals surface area contributed by atoms with Crippen LogP contribution in [0.1, 0.15) is 25.8 Å². The van der Waals surface area contributed by atoms with Crippen molar-refractivity contribution in [2.45, 2.75) is 26.7 Å². The summed E-state index contributed by atoms with van der Waals surface area (Å²) >= 11 is 0. The lowest BCUT2D eigenvalue weighted by Crippen LogP contribution is -2.17. The minimum atomic E-state index is 0.0417. The lowest BCUT2D eigenvalue weighted by Gasteiger charge is -2.01. The maximum absolute atomic E-state index is 11.3. The molecule has 0 aliphatic rings. The number of nitrogens with one attached hydrogen (secondary N) is 1. The predicted octanol–water partition coefficient (Wildman–Crippen LogP) is 2.05. The van der Waals surface area contributed by atoms with Gasteiger partial charge < -0.3 is 5.32 Å². The van der Waals surface area contributed by atoms with Gasteiger partial charge in [0.25, 0.3) is 0 Å². The summed E-state index contributed by atoms with van der Waals surface area (Å²) in [5, 5.41) is 2.73. The van der Waals surface area contributed by atoms with Crippen LogP contribution in [0.4, 0.5) is 0 Å². The molecule has 0 spiro atoms. The van der Waals surface area contributed by atoms with Crippen LogP contribution >= 0.6 is 0 Å². The molecule has 1 aromatic rings. The third-order valence-electron chi connectivity index (χ3n) is 1.89. The summed E-state index contributed by atoms with van der Waals surface area (Å²) in [6.07, 6.45) is 6.47. The van der Waals surface area contributed by atoms with Crippen molar-refractivity contribution in [3.8, 4) is 0 Å². The fourth-order valence-electron chi connectivity index (χ4n) is 1.10. The molecule has 80 valence electrons. The summed E-state index contributed by atoms with van der Waals surface area (Å²) in [7, 11) is 0. The molecular formula is C12H16N2O. The monoisotopic (exact) mass is 204 g/mol. The number of pyridine rings is 1. The molecule has 0 fully saturated rings. The van der Waals surface area contributed by atoms with Gasteiger partial charge in [0.15, 0.2) is 0 Å². The van der Waals surface area contributed by atoms with Gasteiger partial charge in [-0.2, -0.15) is 0 Å². The van der Waals surface area contributed by atoms with E-state index in [4.69, 9.17) is 0 Å². The van der Waals surface area contributed by atoms with E-state index in [0.29, 0.717) is 6.42 Å². The normalized spacial score (nSPS) is 9.47. The van der Waals surface area contributed by atoms with Crippen molar-refractivity contribution in [3.05, 3.63) is 41.9 Å². The Morgan fingerprint density at radius 2 is 2.33 bits per heavy atom. The summed E-state index contributed by atoms with van der Waals surface area (Å²) in [6, 6.07) is 3.85. The summed E-state index contributed by atoms with van der Waals surface area (Å²) in [6.45, 7) is 3.89. The average Bonchev–Trinajstić information content (AvgIpc) is 2.25. The number of carbonyl (C=O) groups excluding carboxylic acids is 1. The maximum atomic E-state index is 11.3. The highest BCUT2D eigenvalue weighted by molar-refractivity contribution is 5.77. The van der Waals surface area contributed by atoms with Gasteiger partial charge in [-0.15, -0.1) is 0 Å². The Labute approximate surface area is 90.2 Å². The molecule has 0 aromatic carbocycles. The second-order valence-corrected chi connectivity index (χ2v) is 3.65. The molecule has 1 aromatic heterocycles. The molecular weight excluding hydrogens is 188 g/mol. The van der Waals surface area contributed by atoms with Crippen LogP contribution in [0.25, 0.3) is 0 Å². The standard InChI is InChI=1S/C12H16N2O/c1-10(2)8-14-12(15)6-5-11-4-3-7-13-9-11/h3-4,7-9H,5-6H2,1-2H3,(H,14,15). The first kappa shape index (κ1) is 11.4. The first-order chi connectivity index (χ1) is 7.18. The molecule has 0 unspecified atom stereocenters. The zero-order valence-electron chi connectivity index (χ0n) is 9.16. The van der Waals surface area contributed by atoms with Crippen LogP contribution in [0.2, 0.25) is 0 Å². The summed E-state index contributed by atoms with van der Waals surface area (Å²) in [5.41, 5.74) is 2.18. The Bertz CT molecular complexity index is 340. The average molecular weight is 204 g/mol. The second-order valence-electron chi connectivity index (χ2n) is 3.65. The number of amides is 1. The van der Waals surface area contributed by atoms with Crippen molar-refractivity contribution in [2.75, 3.05) is 0 Å². The third kappa shape index (κ3) is 4.96. The smallest absolute Gasteiger partial charge is 0.224 e. The van der Waals surface area contributed by atoms with E-state index in [-0.39, 0.29) is 5.91 Å². The molecule has 3 nitrogen and oxygen atoms in total. The van der Waals surface area contributed by atoms with Gasteiger partial charge in [-0.05, 0) is 31.9 Å². The Kier molecular flexibility index (Phi) is 4.54. The van der Waals surface area contributed by atoms with Gasteiger partial charge in [0.1, 0.15) is 0 Å². The Hall–Kier alpha value is -1.64. The van der Waals surface area contributed by atoms with Crippen LogP contribution in [0, 0.1) is 0 Å². The van der Waals surface area contributed by atoms with Gasteiger partial charge in [0.2, 0.25) is 5.91 Å². The minimum absolute atomic E-state index is 0.0417. The number of aromatic nitrogens is 1. The van der Waals surface area contributed by atoms with E-state index >= 15 is 0 Å². The highest BCUT2D eigenvalue weighted by Gasteiger charge is 1.99. The van der Waals surface area contributed by atoms with Crippen LogP contribution in [0.5, 0.6) is 0 Å². The Morgan fingerprint density at radius 1 is 1.53 bits per heavy atom. The van der Waals surface area contributed by atoms with E-state index in [1.54, 1.807) is 18.6 Å². The highest BCUT2D eigenvalue weighted by atomic mass is 16.1. The van der Waals surface area contributed by atoms with Gasteiger partial charge >= 0.3 is 0 Å². The fraction of sp³-hybridized carbons (Fsp3) is 0.333. The predicted molar refractivity (Wildman–Crippen MR) is 60.1 cm³/mol. The maximum Gasteiger partial charge on any atom is 0.224 e. The molecule has 0 bridgehead atoms. The van der Waals surface area contributed by atoms with Crippen molar-refractivity contribution >= 4 is 5.91 Å². The highest BCUT2D eigenvalue weighted by Crippen LogP contribution is 2.00. The summed E-state index contributed by atoms with van der Waals surface area (Å²) in [4.78, 5) is 15.3. The molecule has 0 radical (unpaired) electrons. The van der Waals surface area contributed by atoms with Gasteiger partial charge in [-0.3, -0.25) is 9.78 Å². The number of hydrogen-bond acceptors (Lipinski definition) is 2. The largest absolute Gasteiger partial charge is 0.333 e. The van der Waals surface area contributed by atoms with Crippen molar-refractivity contribution in [1.29, 1.82) is 0 Å². The molecule has 1 heterocycles. The van der Waals surface area contributed by atoms with Crippen LogP contribution in [0.3, 0.4) is 0 Å². The lowest BCUT2D eigenvalue weighted by atomic mass is 10.1. The fourth-order valence-corrected chi connectivity index (χ4v) is 1.10. The molecule has 0 saturated carbocycles. The zero-order chi connectivity index (χ0) is 11.1. The zero-order valence-corrected chi connectivity index (χ0v) is 9.16. The molecule has 3 heteroatoms. The summed E-state index contributed by atoms with van der Waals surface area (Å²) < 4.78 is 0. The van der Waals surface area contributed by atoms with Crippen LogP contribution in [-0.4, -0.2) is 10.9 Å².